The van der Waals surface area contributed by atoms with Crippen molar-refractivity contribution < 1.29 is 9.66 Å². The number of nitrogens with one attached hydrogen (secondary N) is 2. The van der Waals surface area contributed by atoms with Gasteiger partial charge in [-0.3, -0.25) is 15.1 Å². The summed E-state index contributed by atoms with van der Waals surface area (Å²) in [6.07, 6.45) is 2.89. The van der Waals surface area contributed by atoms with Gasteiger partial charge in [-0.2, -0.15) is 5.26 Å². The van der Waals surface area contributed by atoms with Crippen molar-refractivity contribution in [2.24, 2.45) is 11.7 Å². The van der Waals surface area contributed by atoms with Crippen LogP contribution >= 0.6 is 0 Å². The number of nitrogens with two attached hydrogens (primary N) is 1. The number of allylic oxidation sites excluding steroid dienone is 1. The van der Waals surface area contributed by atoms with Crippen LogP contribution in [0, 0.1) is 27.4 Å². The number of hydrogen-bond acceptors (Lipinski definition) is 8. The van der Waals surface area contributed by atoms with E-state index in [0.717, 1.165) is 5.56 Å². The van der Waals surface area contributed by atoms with Crippen molar-refractivity contribution in [2.75, 3.05) is 0 Å². The van der Waals surface area contributed by atoms with Crippen LogP contribution in [-0.4, -0.2) is 16.1 Å². The van der Waals surface area contributed by atoms with Gasteiger partial charge >= 0.3 is 0 Å². The fourth-order valence-corrected chi connectivity index (χ4v) is 3.78. The number of rotatable bonds is 3. The third kappa shape index (κ3) is 2.87. The van der Waals surface area contributed by atoms with Gasteiger partial charge in [-0.25, -0.2) is 10.9 Å². The highest BCUT2D eigenvalue weighted by Gasteiger charge is 2.49. The Labute approximate surface area is 154 Å². The van der Waals surface area contributed by atoms with Gasteiger partial charge in [-0.15, -0.1) is 0 Å². The molecule has 4 unspecified atom stereocenters. The Bertz CT molecular complexity index is 955. The van der Waals surface area contributed by atoms with E-state index in [4.69, 9.17) is 10.5 Å². The van der Waals surface area contributed by atoms with E-state index in [1.165, 1.54) is 12.1 Å². The van der Waals surface area contributed by atoms with Crippen molar-refractivity contribution in [3.8, 4) is 6.07 Å². The van der Waals surface area contributed by atoms with Crippen LogP contribution in [0.3, 0.4) is 0 Å². The first-order chi connectivity index (χ1) is 13.1. The van der Waals surface area contributed by atoms with Gasteiger partial charge in [0, 0.05) is 36.4 Å². The number of nitro groups is 1. The lowest BCUT2D eigenvalue weighted by Gasteiger charge is -2.35. The predicted octanol–water partition coefficient (Wildman–Crippen LogP) is 1.59. The Morgan fingerprint density at radius 2 is 2.00 bits per heavy atom. The highest BCUT2D eigenvalue weighted by molar-refractivity contribution is 5.46. The molecule has 0 aliphatic carbocycles. The maximum atomic E-state index is 11.2. The summed E-state index contributed by atoms with van der Waals surface area (Å²) in [4.78, 5) is 14.8. The molecule has 1 aromatic heterocycles. The van der Waals surface area contributed by atoms with E-state index in [1.807, 2.05) is 12.1 Å². The minimum absolute atomic E-state index is 0.0277. The molecule has 0 amide bonds. The van der Waals surface area contributed by atoms with E-state index in [2.05, 4.69) is 21.9 Å². The van der Waals surface area contributed by atoms with E-state index in [-0.39, 0.29) is 29.1 Å². The molecule has 9 heteroatoms. The van der Waals surface area contributed by atoms with Crippen LogP contribution in [0.4, 0.5) is 5.69 Å². The van der Waals surface area contributed by atoms with Crippen LogP contribution in [0.15, 0.2) is 60.2 Å². The lowest BCUT2D eigenvalue weighted by molar-refractivity contribution is -0.384. The standard InChI is InChI=1S/C18H16N6O3/c19-9-13-14(11-2-1-3-12(8-11)24(25)26)15-16(10-4-6-21-7-5-10)22-23-18(15)27-17(13)20/h1-8,14-16,18,22-23H,20H2. The first kappa shape index (κ1) is 17.0. The van der Waals surface area contributed by atoms with Crippen molar-refractivity contribution in [1.29, 1.82) is 5.26 Å². The second-order valence-electron chi connectivity index (χ2n) is 6.38. The first-order valence-corrected chi connectivity index (χ1v) is 8.32. The first-order valence-electron chi connectivity index (χ1n) is 8.32. The Kier molecular flexibility index (Phi) is 4.19. The Hall–Kier alpha value is -3.48. The summed E-state index contributed by atoms with van der Waals surface area (Å²) in [7, 11) is 0. The zero-order chi connectivity index (χ0) is 19.0. The number of ether oxygens (including phenoxy) is 1. The number of nitrogens with zero attached hydrogens (tertiary/aromatic N) is 3. The maximum absolute atomic E-state index is 11.2. The molecule has 0 bridgehead atoms. The quantitative estimate of drug-likeness (QED) is 0.551. The SMILES string of the molecule is N#CC1=C(N)OC2NNC(c3ccncc3)C2C1c1cccc([N+](=O)[O-])c1. The van der Waals surface area contributed by atoms with Gasteiger partial charge in [-0.1, -0.05) is 12.1 Å². The molecule has 4 N–H and O–H groups in total. The number of hydrazine groups is 1. The Morgan fingerprint density at radius 1 is 1.22 bits per heavy atom. The second-order valence-corrected chi connectivity index (χ2v) is 6.38. The molecule has 0 saturated carbocycles. The van der Waals surface area contributed by atoms with Crippen LogP contribution < -0.4 is 16.6 Å². The number of benzene rings is 1. The summed E-state index contributed by atoms with van der Waals surface area (Å²) < 4.78 is 5.71. The highest BCUT2D eigenvalue weighted by atomic mass is 16.6. The van der Waals surface area contributed by atoms with Gasteiger partial charge in [0.05, 0.1) is 16.5 Å². The van der Waals surface area contributed by atoms with E-state index < -0.39 is 17.1 Å². The third-order valence-electron chi connectivity index (χ3n) is 4.96. The van der Waals surface area contributed by atoms with Gasteiger partial charge in [0.15, 0.2) is 6.23 Å². The molecule has 9 nitrogen and oxygen atoms in total. The molecule has 2 aromatic rings. The average molecular weight is 364 g/mol. The molecule has 2 aliphatic heterocycles. The van der Waals surface area contributed by atoms with Crippen LogP contribution in [-0.2, 0) is 4.74 Å². The van der Waals surface area contributed by atoms with E-state index >= 15 is 0 Å². The van der Waals surface area contributed by atoms with Crippen molar-refractivity contribution in [2.45, 2.75) is 18.2 Å². The summed E-state index contributed by atoms with van der Waals surface area (Å²) in [5.74, 6) is -0.675. The van der Waals surface area contributed by atoms with Crippen molar-refractivity contribution in [1.82, 2.24) is 15.8 Å². The molecular formula is C18H16N6O3. The molecular weight excluding hydrogens is 348 g/mol. The molecule has 1 saturated heterocycles. The second kappa shape index (κ2) is 6.68. The minimum atomic E-state index is -0.482. The molecule has 3 heterocycles. The van der Waals surface area contributed by atoms with E-state index in [1.54, 1.807) is 24.5 Å². The van der Waals surface area contributed by atoms with Gasteiger partial charge in [0.1, 0.15) is 6.07 Å². The fraction of sp³-hybridized carbons (Fsp3) is 0.222. The number of non-ortho nitro benzene ring substituents is 1. The molecule has 0 spiro atoms. The summed E-state index contributed by atoms with van der Waals surface area (Å²) in [5, 5.41) is 20.9. The predicted molar refractivity (Wildman–Crippen MR) is 94.3 cm³/mol. The number of fused-ring (bicyclic) bond motifs is 1. The number of aromatic nitrogens is 1. The lowest BCUT2D eigenvalue weighted by Crippen LogP contribution is -2.41. The highest BCUT2D eigenvalue weighted by Crippen LogP contribution is 2.47. The molecule has 1 aromatic carbocycles. The molecule has 0 radical (unpaired) electrons. The van der Waals surface area contributed by atoms with Gasteiger partial charge in [0.2, 0.25) is 5.88 Å². The largest absolute Gasteiger partial charge is 0.458 e. The number of nitriles is 1. The summed E-state index contributed by atoms with van der Waals surface area (Å²) in [6.45, 7) is 0. The van der Waals surface area contributed by atoms with E-state index in [0.29, 0.717) is 5.56 Å². The lowest BCUT2D eigenvalue weighted by atomic mass is 9.74. The zero-order valence-electron chi connectivity index (χ0n) is 14.1. The van der Waals surface area contributed by atoms with Crippen molar-refractivity contribution in [3.63, 3.8) is 0 Å². The molecule has 27 heavy (non-hydrogen) atoms. The van der Waals surface area contributed by atoms with Crippen LogP contribution in [0.25, 0.3) is 0 Å². The Morgan fingerprint density at radius 3 is 2.70 bits per heavy atom. The van der Waals surface area contributed by atoms with E-state index in [9.17, 15) is 15.4 Å². The van der Waals surface area contributed by atoms with Gasteiger partial charge in [-0.05, 0) is 23.3 Å². The normalized spacial score (nSPS) is 26.8. The average Bonchev–Trinajstić information content (AvgIpc) is 3.11. The number of pyridine rings is 1. The molecule has 4 rings (SSSR count). The molecule has 4 atom stereocenters. The minimum Gasteiger partial charge on any atom is -0.458 e. The molecule has 1 fully saturated rings. The zero-order valence-corrected chi connectivity index (χ0v) is 14.1. The van der Waals surface area contributed by atoms with Crippen molar-refractivity contribution in [3.05, 3.63) is 81.5 Å². The fourth-order valence-electron chi connectivity index (χ4n) is 3.78. The third-order valence-corrected chi connectivity index (χ3v) is 4.96. The smallest absolute Gasteiger partial charge is 0.269 e. The topological polar surface area (TPSA) is 139 Å². The van der Waals surface area contributed by atoms with Gasteiger partial charge < -0.3 is 10.5 Å². The van der Waals surface area contributed by atoms with Crippen molar-refractivity contribution >= 4 is 5.69 Å². The summed E-state index contributed by atoms with van der Waals surface area (Å²) in [6, 6.07) is 12.0. The van der Waals surface area contributed by atoms with Crippen LogP contribution in [0.5, 0.6) is 0 Å². The molecule has 2 aliphatic rings. The molecule has 136 valence electrons. The van der Waals surface area contributed by atoms with Crippen LogP contribution in [0.2, 0.25) is 0 Å². The van der Waals surface area contributed by atoms with Gasteiger partial charge in [0.25, 0.3) is 5.69 Å². The monoisotopic (exact) mass is 364 g/mol. The number of nitro benzene ring substituents is 1. The number of hydrogen-bond donors (Lipinski definition) is 3. The summed E-state index contributed by atoms with van der Waals surface area (Å²) in [5.41, 5.74) is 14.1. The summed E-state index contributed by atoms with van der Waals surface area (Å²) >= 11 is 0. The Balaban J connectivity index is 1.84. The van der Waals surface area contributed by atoms with Crippen LogP contribution in [0.1, 0.15) is 23.1 Å². The maximum Gasteiger partial charge on any atom is 0.269 e.